The average molecular weight is 281 g/mol. The molecule has 1 amide bonds. The molecule has 0 bridgehead atoms. The highest BCUT2D eigenvalue weighted by molar-refractivity contribution is 5.94. The number of hydrogen-bond donors (Lipinski definition) is 0. The molecule has 3 nitrogen and oxygen atoms in total. The average Bonchev–Trinajstić information content (AvgIpc) is 3.16. The van der Waals surface area contributed by atoms with Crippen LogP contribution in [0.25, 0.3) is 0 Å². The van der Waals surface area contributed by atoms with E-state index in [1.54, 1.807) is 4.90 Å². The van der Waals surface area contributed by atoms with Crippen molar-refractivity contribution in [1.82, 2.24) is 4.90 Å². The Balaban J connectivity index is 1.58. The Morgan fingerprint density at radius 1 is 1.25 bits per heavy atom. The second-order valence-electron chi connectivity index (χ2n) is 5.57. The highest BCUT2D eigenvalue weighted by atomic mass is 19.2. The van der Waals surface area contributed by atoms with E-state index in [0.29, 0.717) is 19.0 Å². The second-order valence-corrected chi connectivity index (χ2v) is 5.57. The van der Waals surface area contributed by atoms with Crippen molar-refractivity contribution in [1.29, 1.82) is 0 Å². The van der Waals surface area contributed by atoms with Crippen molar-refractivity contribution < 1.29 is 18.3 Å². The molecule has 2 aliphatic rings. The summed E-state index contributed by atoms with van der Waals surface area (Å²) in [4.78, 5) is 13.8. The Labute approximate surface area is 116 Å². The Morgan fingerprint density at radius 2 is 2.05 bits per heavy atom. The molecular formula is C15H17F2NO2. The first-order valence-corrected chi connectivity index (χ1v) is 6.99. The molecular weight excluding hydrogens is 264 g/mol. The van der Waals surface area contributed by atoms with E-state index >= 15 is 0 Å². The Kier molecular flexibility index (Phi) is 3.70. The maximum absolute atomic E-state index is 13.1. The second kappa shape index (κ2) is 5.48. The van der Waals surface area contributed by atoms with Crippen LogP contribution in [-0.2, 0) is 4.74 Å². The van der Waals surface area contributed by atoms with E-state index < -0.39 is 11.6 Å². The van der Waals surface area contributed by atoms with Gasteiger partial charge in [-0.25, -0.2) is 8.78 Å². The predicted octanol–water partition coefficient (Wildman–Crippen LogP) is 2.61. The number of hydrogen-bond acceptors (Lipinski definition) is 2. The summed E-state index contributed by atoms with van der Waals surface area (Å²) in [6, 6.07) is 3.26. The van der Waals surface area contributed by atoms with Gasteiger partial charge in [-0.3, -0.25) is 4.79 Å². The summed E-state index contributed by atoms with van der Waals surface area (Å²) in [5.41, 5.74) is 0.187. The predicted molar refractivity (Wildman–Crippen MR) is 69.3 cm³/mol. The van der Waals surface area contributed by atoms with Gasteiger partial charge in [-0.2, -0.15) is 0 Å². The minimum atomic E-state index is -0.989. The van der Waals surface area contributed by atoms with Crippen LogP contribution in [0.5, 0.6) is 0 Å². The topological polar surface area (TPSA) is 29.5 Å². The molecule has 1 aliphatic heterocycles. The number of halogens is 2. The summed E-state index contributed by atoms with van der Waals surface area (Å²) in [6.45, 7) is 1.91. The zero-order chi connectivity index (χ0) is 14.1. The first-order valence-electron chi connectivity index (χ1n) is 6.99. The van der Waals surface area contributed by atoms with Crippen molar-refractivity contribution in [2.75, 3.05) is 19.7 Å². The van der Waals surface area contributed by atoms with Gasteiger partial charge in [-0.05, 0) is 43.4 Å². The highest BCUT2D eigenvalue weighted by Crippen LogP contribution is 2.30. The van der Waals surface area contributed by atoms with Gasteiger partial charge in [0, 0.05) is 25.3 Å². The quantitative estimate of drug-likeness (QED) is 0.849. The maximum atomic E-state index is 13.1. The molecule has 1 heterocycles. The number of amides is 1. The van der Waals surface area contributed by atoms with Gasteiger partial charge in [-0.15, -0.1) is 0 Å². The summed E-state index contributed by atoms with van der Waals surface area (Å²) in [6.07, 6.45) is 3.36. The lowest BCUT2D eigenvalue weighted by molar-refractivity contribution is 0.0480. The molecule has 20 heavy (non-hydrogen) atoms. The fraction of sp³-hybridized carbons (Fsp3) is 0.533. The van der Waals surface area contributed by atoms with Crippen molar-refractivity contribution in [3.05, 3.63) is 35.4 Å². The molecule has 5 heteroatoms. The summed E-state index contributed by atoms with van der Waals surface area (Å²) in [5, 5.41) is 0. The van der Waals surface area contributed by atoms with Gasteiger partial charge in [0.25, 0.3) is 5.91 Å². The normalized spacial score (nSPS) is 22.3. The number of nitrogens with zero attached hydrogens (tertiary/aromatic N) is 1. The first-order chi connectivity index (χ1) is 9.63. The maximum Gasteiger partial charge on any atom is 0.254 e. The fourth-order valence-electron chi connectivity index (χ4n) is 2.42. The Bertz CT molecular complexity index is 517. The molecule has 108 valence electrons. The number of rotatable bonds is 4. The van der Waals surface area contributed by atoms with E-state index in [4.69, 9.17) is 4.74 Å². The van der Waals surface area contributed by atoms with Gasteiger partial charge in [0.1, 0.15) is 0 Å². The lowest BCUT2D eigenvalue weighted by atomic mass is 10.2. The van der Waals surface area contributed by atoms with Crippen LogP contribution in [0, 0.1) is 17.6 Å². The summed E-state index contributed by atoms with van der Waals surface area (Å²) < 4.78 is 31.8. The van der Waals surface area contributed by atoms with Crippen molar-refractivity contribution in [2.45, 2.75) is 25.4 Å². The number of likely N-dealkylation sites (tertiary alicyclic amines) is 1. The van der Waals surface area contributed by atoms with Crippen LogP contribution in [0.3, 0.4) is 0 Å². The van der Waals surface area contributed by atoms with Crippen LogP contribution >= 0.6 is 0 Å². The lowest BCUT2D eigenvalue weighted by Crippen LogP contribution is -2.30. The minimum absolute atomic E-state index is 0.0739. The van der Waals surface area contributed by atoms with Crippen LogP contribution in [0.1, 0.15) is 29.6 Å². The van der Waals surface area contributed by atoms with Gasteiger partial charge in [0.05, 0.1) is 6.10 Å². The van der Waals surface area contributed by atoms with E-state index in [1.165, 1.54) is 18.9 Å². The molecule has 3 rings (SSSR count). The van der Waals surface area contributed by atoms with Crippen LogP contribution in [0.2, 0.25) is 0 Å². The Hall–Kier alpha value is -1.49. The molecule has 1 saturated carbocycles. The van der Waals surface area contributed by atoms with E-state index in [1.807, 2.05) is 0 Å². The molecule has 1 aliphatic carbocycles. The monoisotopic (exact) mass is 281 g/mol. The van der Waals surface area contributed by atoms with Gasteiger partial charge < -0.3 is 9.64 Å². The van der Waals surface area contributed by atoms with Crippen LogP contribution in [-0.4, -0.2) is 36.6 Å². The zero-order valence-electron chi connectivity index (χ0n) is 11.1. The Morgan fingerprint density at radius 3 is 2.75 bits per heavy atom. The fourth-order valence-corrected chi connectivity index (χ4v) is 2.42. The molecule has 0 radical (unpaired) electrons. The number of carbonyl (C=O) groups is 1. The molecule has 1 aromatic carbocycles. The van der Waals surface area contributed by atoms with Gasteiger partial charge in [0.2, 0.25) is 0 Å². The molecule has 1 aromatic rings. The first kappa shape index (κ1) is 13.5. The van der Waals surface area contributed by atoms with Crippen molar-refractivity contribution in [3.63, 3.8) is 0 Å². The molecule has 0 N–H and O–H groups in total. The zero-order valence-corrected chi connectivity index (χ0v) is 11.1. The van der Waals surface area contributed by atoms with Crippen LogP contribution in [0.15, 0.2) is 18.2 Å². The number of carbonyl (C=O) groups excluding carboxylic acids is 1. The number of ether oxygens (including phenoxy) is 1. The van der Waals surface area contributed by atoms with E-state index in [0.717, 1.165) is 25.2 Å². The standard InChI is InChI=1S/C15H17F2NO2/c16-13-4-3-11(7-14(13)17)15(19)18-6-5-12(8-18)20-9-10-1-2-10/h3-4,7,10,12H,1-2,5-6,8-9H2/t12-/m0/s1. The molecule has 0 spiro atoms. The molecule has 1 atom stereocenters. The summed E-state index contributed by atoms with van der Waals surface area (Å²) in [5.74, 6) is -1.49. The van der Waals surface area contributed by atoms with Crippen molar-refractivity contribution in [2.24, 2.45) is 5.92 Å². The van der Waals surface area contributed by atoms with E-state index in [2.05, 4.69) is 0 Å². The van der Waals surface area contributed by atoms with Gasteiger partial charge in [-0.1, -0.05) is 0 Å². The van der Waals surface area contributed by atoms with E-state index in [9.17, 15) is 13.6 Å². The molecule has 2 fully saturated rings. The van der Waals surface area contributed by atoms with Crippen molar-refractivity contribution in [3.8, 4) is 0 Å². The summed E-state index contributed by atoms with van der Waals surface area (Å²) in [7, 11) is 0. The summed E-state index contributed by atoms with van der Waals surface area (Å²) >= 11 is 0. The molecule has 0 aromatic heterocycles. The van der Waals surface area contributed by atoms with Gasteiger partial charge in [0.15, 0.2) is 11.6 Å². The SMILES string of the molecule is O=C(c1ccc(F)c(F)c1)N1CC[C@H](OCC2CC2)C1. The number of benzene rings is 1. The third-order valence-electron chi connectivity index (χ3n) is 3.86. The smallest absolute Gasteiger partial charge is 0.254 e. The molecule has 1 saturated heterocycles. The minimum Gasteiger partial charge on any atom is -0.376 e. The third kappa shape index (κ3) is 2.98. The van der Waals surface area contributed by atoms with E-state index in [-0.39, 0.29) is 17.6 Å². The lowest BCUT2D eigenvalue weighted by Gasteiger charge is -2.17. The molecule has 0 unspecified atom stereocenters. The van der Waals surface area contributed by atoms with Crippen molar-refractivity contribution >= 4 is 5.91 Å². The third-order valence-corrected chi connectivity index (χ3v) is 3.86. The van der Waals surface area contributed by atoms with Gasteiger partial charge >= 0.3 is 0 Å². The van der Waals surface area contributed by atoms with Crippen LogP contribution in [0.4, 0.5) is 8.78 Å². The highest BCUT2D eigenvalue weighted by Gasteiger charge is 2.30. The largest absolute Gasteiger partial charge is 0.376 e. The van der Waals surface area contributed by atoms with Crippen LogP contribution < -0.4 is 0 Å².